The third kappa shape index (κ3) is 33.8. The SMILES string of the molecule is C.C.C.C.CCC(=O)OCOC(=O)CC(=O)OCOC(=O)CC.CCOC(=O)CC(=O)OCOC(=O)CC(=O)OCC. The second-order valence-electron chi connectivity index (χ2n) is 6.30. The van der Waals surface area contributed by atoms with Crippen LogP contribution in [0.4, 0.5) is 0 Å². The predicted molar refractivity (Wildman–Crippen MR) is 146 cm³/mol. The summed E-state index contributed by atoms with van der Waals surface area (Å²) in [6, 6.07) is 0. The summed E-state index contributed by atoms with van der Waals surface area (Å²) in [5, 5.41) is 0. The molecule has 0 aliphatic rings. The van der Waals surface area contributed by atoms with Crippen molar-refractivity contribution in [1.29, 1.82) is 0 Å². The monoisotopic (exact) mass is 616 g/mol. The molecule has 16 heteroatoms. The van der Waals surface area contributed by atoms with Gasteiger partial charge in [0.25, 0.3) is 0 Å². The molecule has 16 nitrogen and oxygen atoms in total. The molecule has 0 saturated carbocycles. The first-order valence-corrected chi connectivity index (χ1v) is 11.2. The lowest BCUT2D eigenvalue weighted by Crippen LogP contribution is -2.19. The van der Waals surface area contributed by atoms with Crippen molar-refractivity contribution >= 4 is 47.8 Å². The first-order chi connectivity index (χ1) is 18.0. The van der Waals surface area contributed by atoms with E-state index in [1.807, 2.05) is 0 Å². The Morgan fingerprint density at radius 3 is 0.714 bits per heavy atom. The van der Waals surface area contributed by atoms with Gasteiger partial charge in [0.05, 0.1) is 13.2 Å². The van der Waals surface area contributed by atoms with Gasteiger partial charge in [-0.1, -0.05) is 43.6 Å². The Balaban J connectivity index is -0.000000141. The van der Waals surface area contributed by atoms with Crippen LogP contribution >= 0.6 is 0 Å². The van der Waals surface area contributed by atoms with Crippen LogP contribution in [0.3, 0.4) is 0 Å². The lowest BCUT2D eigenvalue weighted by atomic mass is 10.4. The van der Waals surface area contributed by atoms with Crippen molar-refractivity contribution in [1.82, 2.24) is 0 Å². The van der Waals surface area contributed by atoms with Crippen LogP contribution in [0.2, 0.25) is 0 Å². The molecule has 0 fully saturated rings. The van der Waals surface area contributed by atoms with E-state index in [2.05, 4.69) is 37.9 Å². The molecule has 0 atom stereocenters. The molecule has 42 heavy (non-hydrogen) atoms. The van der Waals surface area contributed by atoms with Gasteiger partial charge in [-0.05, 0) is 13.8 Å². The second kappa shape index (κ2) is 33.0. The van der Waals surface area contributed by atoms with Crippen molar-refractivity contribution in [3.63, 3.8) is 0 Å². The van der Waals surface area contributed by atoms with E-state index >= 15 is 0 Å². The fourth-order valence-corrected chi connectivity index (χ4v) is 1.67. The average Bonchev–Trinajstić information content (AvgIpc) is 2.84. The summed E-state index contributed by atoms with van der Waals surface area (Å²) in [5.41, 5.74) is 0. The van der Waals surface area contributed by atoms with E-state index in [-0.39, 0.29) is 55.8 Å². The molecule has 0 amide bonds. The van der Waals surface area contributed by atoms with E-state index in [0.29, 0.717) is 0 Å². The van der Waals surface area contributed by atoms with Gasteiger partial charge in [0.2, 0.25) is 20.4 Å². The van der Waals surface area contributed by atoms with Gasteiger partial charge in [0, 0.05) is 12.8 Å². The van der Waals surface area contributed by atoms with Crippen molar-refractivity contribution in [2.45, 2.75) is 89.5 Å². The Hall–Kier alpha value is -4.24. The second-order valence-corrected chi connectivity index (χ2v) is 6.30. The lowest BCUT2D eigenvalue weighted by molar-refractivity contribution is -0.175. The van der Waals surface area contributed by atoms with E-state index in [4.69, 9.17) is 0 Å². The lowest BCUT2D eigenvalue weighted by Gasteiger charge is -2.06. The number of carbonyl (C=O) groups is 8. The molecule has 0 unspecified atom stereocenters. The van der Waals surface area contributed by atoms with Gasteiger partial charge in [-0.25, -0.2) is 0 Å². The molecule has 0 aliphatic heterocycles. The molecular formula is C26H48O16. The number of carbonyl (C=O) groups excluding carboxylic acids is 8. The minimum Gasteiger partial charge on any atom is -0.466 e. The number of ether oxygens (including phenoxy) is 8. The van der Waals surface area contributed by atoms with Gasteiger partial charge in [-0.3, -0.25) is 38.4 Å². The summed E-state index contributed by atoms with van der Waals surface area (Å²) < 4.78 is 35.7. The van der Waals surface area contributed by atoms with Crippen LogP contribution in [0.25, 0.3) is 0 Å². The van der Waals surface area contributed by atoms with Crippen molar-refractivity contribution in [3.05, 3.63) is 0 Å². The molecule has 0 bridgehead atoms. The van der Waals surface area contributed by atoms with Crippen molar-refractivity contribution in [3.8, 4) is 0 Å². The Labute approximate surface area is 247 Å². The summed E-state index contributed by atoms with van der Waals surface area (Å²) in [5.74, 6) is -6.10. The van der Waals surface area contributed by atoms with E-state index in [1.54, 1.807) is 27.7 Å². The van der Waals surface area contributed by atoms with Crippen LogP contribution in [0.1, 0.15) is 89.5 Å². The van der Waals surface area contributed by atoms with Crippen LogP contribution in [-0.4, -0.2) is 81.3 Å². The smallest absolute Gasteiger partial charge is 0.320 e. The molecule has 0 rings (SSSR count). The summed E-state index contributed by atoms with van der Waals surface area (Å²) in [6.07, 6.45) is -1.48. The summed E-state index contributed by atoms with van der Waals surface area (Å²) in [6.45, 7) is 4.89. The minimum absolute atomic E-state index is 0. The number of esters is 8. The summed E-state index contributed by atoms with van der Waals surface area (Å²) in [4.78, 5) is 87.3. The Kier molecular flexibility index (Phi) is 39.7. The normalized spacial score (nSPS) is 8.48. The third-order valence-electron chi connectivity index (χ3n) is 3.37. The number of hydrogen-bond donors (Lipinski definition) is 0. The Morgan fingerprint density at radius 2 is 0.524 bits per heavy atom. The molecule has 0 aliphatic carbocycles. The molecule has 0 heterocycles. The highest BCUT2D eigenvalue weighted by Gasteiger charge is 2.15. The minimum atomic E-state index is -0.907. The van der Waals surface area contributed by atoms with Crippen molar-refractivity contribution in [2.75, 3.05) is 33.6 Å². The van der Waals surface area contributed by atoms with Crippen LogP contribution < -0.4 is 0 Å². The third-order valence-corrected chi connectivity index (χ3v) is 3.37. The summed E-state index contributed by atoms with van der Waals surface area (Å²) >= 11 is 0. The first-order valence-electron chi connectivity index (χ1n) is 11.2. The van der Waals surface area contributed by atoms with Gasteiger partial charge in [-0.15, -0.1) is 0 Å². The largest absolute Gasteiger partial charge is 0.466 e. The molecule has 0 radical (unpaired) electrons. The maximum Gasteiger partial charge on any atom is 0.320 e. The van der Waals surface area contributed by atoms with Gasteiger partial charge >= 0.3 is 47.8 Å². The standard InChI is InChI=1S/2C11H16O8.4CH4/c1-3-16-8(12)5-10(14)18-7-19-11(15)6-9(13)17-4-2;1-3-8(12)16-6-18-10(14)5-11(15)19-7-17-9(13)4-2;;;;/h2*3-7H2,1-2H3;4*1H4. The molecule has 0 aromatic carbocycles. The zero-order valence-electron chi connectivity index (χ0n) is 21.6. The molecular weight excluding hydrogens is 568 g/mol. The fourth-order valence-electron chi connectivity index (χ4n) is 1.67. The summed E-state index contributed by atoms with van der Waals surface area (Å²) in [7, 11) is 0. The molecule has 248 valence electrons. The van der Waals surface area contributed by atoms with Gasteiger partial charge in [0.15, 0.2) is 0 Å². The topological polar surface area (TPSA) is 210 Å². The molecule has 0 aromatic rings. The maximum atomic E-state index is 11.1. The van der Waals surface area contributed by atoms with Crippen LogP contribution in [0.15, 0.2) is 0 Å². The van der Waals surface area contributed by atoms with Gasteiger partial charge < -0.3 is 37.9 Å². The predicted octanol–water partition coefficient (Wildman–Crippen LogP) is 2.77. The number of hydrogen-bond acceptors (Lipinski definition) is 16. The molecule has 0 spiro atoms. The maximum absolute atomic E-state index is 11.1. The molecule has 0 N–H and O–H groups in total. The Morgan fingerprint density at radius 1 is 0.333 bits per heavy atom. The average molecular weight is 617 g/mol. The highest BCUT2D eigenvalue weighted by atomic mass is 16.7. The molecule has 0 saturated heterocycles. The van der Waals surface area contributed by atoms with Crippen LogP contribution in [-0.2, 0) is 76.3 Å². The quantitative estimate of drug-likeness (QED) is 0.106. The van der Waals surface area contributed by atoms with E-state index in [0.717, 1.165) is 0 Å². The highest BCUT2D eigenvalue weighted by Crippen LogP contribution is 1.96. The van der Waals surface area contributed by atoms with E-state index in [1.165, 1.54) is 0 Å². The van der Waals surface area contributed by atoms with Gasteiger partial charge in [-0.2, -0.15) is 0 Å². The van der Waals surface area contributed by atoms with E-state index in [9.17, 15) is 38.4 Å². The highest BCUT2D eigenvalue weighted by molar-refractivity contribution is 5.92. The van der Waals surface area contributed by atoms with Crippen LogP contribution in [0.5, 0.6) is 0 Å². The Bertz CT molecular complexity index is 742. The number of rotatable bonds is 16. The zero-order valence-corrected chi connectivity index (χ0v) is 21.6. The van der Waals surface area contributed by atoms with Gasteiger partial charge in [0.1, 0.15) is 19.3 Å². The fraction of sp³-hybridized carbons (Fsp3) is 0.692. The van der Waals surface area contributed by atoms with E-state index < -0.39 is 87.4 Å². The van der Waals surface area contributed by atoms with Crippen molar-refractivity contribution < 1.29 is 76.3 Å². The van der Waals surface area contributed by atoms with Crippen molar-refractivity contribution in [2.24, 2.45) is 0 Å². The first kappa shape index (κ1) is 50.6. The molecule has 0 aromatic heterocycles. The van der Waals surface area contributed by atoms with Crippen LogP contribution in [0, 0.1) is 0 Å². The zero-order chi connectivity index (χ0) is 29.3.